The highest BCUT2D eigenvalue weighted by molar-refractivity contribution is 5.87. The molecule has 1 heterocycles. The number of rotatable bonds is 7. The molecule has 0 bridgehead atoms. The minimum atomic E-state index is -0.556. The van der Waals surface area contributed by atoms with Gasteiger partial charge in [-0.3, -0.25) is 9.59 Å². The van der Waals surface area contributed by atoms with E-state index in [1.54, 1.807) is 0 Å². The van der Waals surface area contributed by atoms with Crippen molar-refractivity contribution in [3.8, 4) is 0 Å². The van der Waals surface area contributed by atoms with Gasteiger partial charge in [0.1, 0.15) is 0 Å². The third-order valence-corrected chi connectivity index (χ3v) is 4.41. The molecule has 0 aromatic carbocycles. The minimum Gasteiger partial charge on any atom is -0.354 e. The van der Waals surface area contributed by atoms with Gasteiger partial charge in [0.05, 0.1) is 12.6 Å². The van der Waals surface area contributed by atoms with E-state index in [-0.39, 0.29) is 49.1 Å². The second-order valence-corrected chi connectivity index (χ2v) is 6.67. The lowest BCUT2D eigenvalue weighted by molar-refractivity contribution is -0.127. The predicted octanol–water partition coefficient (Wildman–Crippen LogP) is 0.530. The van der Waals surface area contributed by atoms with Crippen LogP contribution in [-0.2, 0) is 9.59 Å². The lowest BCUT2D eigenvalue weighted by Gasteiger charge is -2.16. The molecule has 0 aromatic rings. The average molecular weight is 369 g/mol. The first-order chi connectivity index (χ1) is 9.97. The maximum absolute atomic E-state index is 11.7. The fourth-order valence-electron chi connectivity index (χ4n) is 2.71. The van der Waals surface area contributed by atoms with Gasteiger partial charge in [0, 0.05) is 19.1 Å². The molecule has 1 saturated carbocycles. The molecule has 6 nitrogen and oxygen atoms in total. The molecule has 4 N–H and O–H groups in total. The van der Waals surface area contributed by atoms with E-state index in [1.807, 2.05) is 13.8 Å². The Bertz CT molecular complexity index is 392. The van der Waals surface area contributed by atoms with E-state index in [0.717, 1.165) is 25.6 Å². The molecule has 0 aromatic heterocycles. The van der Waals surface area contributed by atoms with E-state index >= 15 is 0 Å². The monoisotopic (exact) mass is 368 g/mol. The molecule has 1 saturated heterocycles. The van der Waals surface area contributed by atoms with Gasteiger partial charge in [-0.1, -0.05) is 13.8 Å². The lowest BCUT2D eigenvalue weighted by Crippen LogP contribution is -2.47. The number of hydrogen-bond acceptors (Lipinski definition) is 4. The molecule has 8 heteroatoms. The van der Waals surface area contributed by atoms with Gasteiger partial charge in [-0.05, 0) is 37.6 Å². The van der Waals surface area contributed by atoms with Crippen molar-refractivity contribution >= 4 is 36.6 Å². The first-order valence-electron chi connectivity index (χ1n) is 8.01. The van der Waals surface area contributed by atoms with Crippen LogP contribution in [0.2, 0.25) is 0 Å². The molecule has 2 aliphatic rings. The summed E-state index contributed by atoms with van der Waals surface area (Å²) in [6.45, 7) is 6.74. The number of amides is 2. The SMILES string of the molecule is CC(C)[C@H](N)C(=O)NCC(=O)NCC1CCN(C2CC2)C1.Cl.Cl. The topological polar surface area (TPSA) is 87.5 Å². The van der Waals surface area contributed by atoms with Crippen LogP contribution < -0.4 is 16.4 Å². The molecule has 2 amide bonds. The van der Waals surface area contributed by atoms with Crippen molar-refractivity contribution in [2.45, 2.75) is 45.2 Å². The van der Waals surface area contributed by atoms with Crippen LogP contribution in [0.25, 0.3) is 0 Å². The summed E-state index contributed by atoms with van der Waals surface area (Å²) in [5.74, 6) is 0.216. The Balaban J connectivity index is 0.00000242. The average Bonchev–Trinajstić information content (AvgIpc) is 3.20. The van der Waals surface area contributed by atoms with E-state index in [1.165, 1.54) is 12.8 Å². The van der Waals surface area contributed by atoms with Gasteiger partial charge in [-0.15, -0.1) is 24.8 Å². The Morgan fingerprint density at radius 2 is 1.83 bits per heavy atom. The molecule has 1 aliphatic carbocycles. The summed E-state index contributed by atoms with van der Waals surface area (Å²) < 4.78 is 0. The van der Waals surface area contributed by atoms with Crippen molar-refractivity contribution in [2.75, 3.05) is 26.2 Å². The van der Waals surface area contributed by atoms with Crippen molar-refractivity contribution < 1.29 is 9.59 Å². The summed E-state index contributed by atoms with van der Waals surface area (Å²) in [6, 6.07) is 0.252. The Labute approximate surface area is 151 Å². The van der Waals surface area contributed by atoms with E-state index in [4.69, 9.17) is 5.73 Å². The van der Waals surface area contributed by atoms with Gasteiger partial charge in [0.2, 0.25) is 11.8 Å². The third-order valence-electron chi connectivity index (χ3n) is 4.41. The van der Waals surface area contributed by atoms with Crippen molar-refractivity contribution in [1.29, 1.82) is 0 Å². The normalized spacial score (nSPS) is 22.0. The summed E-state index contributed by atoms with van der Waals surface area (Å²) in [4.78, 5) is 25.9. The summed E-state index contributed by atoms with van der Waals surface area (Å²) in [6.07, 6.45) is 3.82. The van der Waals surface area contributed by atoms with E-state index in [0.29, 0.717) is 12.5 Å². The number of carbonyl (C=O) groups excluding carboxylic acids is 2. The van der Waals surface area contributed by atoms with Gasteiger partial charge >= 0.3 is 0 Å². The first-order valence-corrected chi connectivity index (χ1v) is 8.01. The molecule has 0 radical (unpaired) electrons. The van der Waals surface area contributed by atoms with Crippen LogP contribution in [0.3, 0.4) is 0 Å². The van der Waals surface area contributed by atoms with Crippen LogP contribution >= 0.6 is 24.8 Å². The van der Waals surface area contributed by atoms with Gasteiger partial charge in [-0.25, -0.2) is 0 Å². The maximum Gasteiger partial charge on any atom is 0.239 e. The Morgan fingerprint density at radius 3 is 2.39 bits per heavy atom. The zero-order chi connectivity index (χ0) is 15.4. The van der Waals surface area contributed by atoms with Crippen LogP contribution in [0.1, 0.15) is 33.1 Å². The number of likely N-dealkylation sites (tertiary alicyclic amines) is 1. The number of halogens is 2. The third kappa shape index (κ3) is 7.25. The second kappa shape index (κ2) is 10.3. The second-order valence-electron chi connectivity index (χ2n) is 6.67. The molecular formula is C15H30Cl2N4O2. The molecule has 1 unspecified atom stereocenters. The summed E-state index contributed by atoms with van der Waals surface area (Å²) in [7, 11) is 0. The zero-order valence-corrected chi connectivity index (χ0v) is 15.5. The van der Waals surface area contributed by atoms with Crippen LogP contribution in [-0.4, -0.2) is 55.0 Å². The molecule has 0 spiro atoms. The van der Waals surface area contributed by atoms with Crippen molar-refractivity contribution in [3.05, 3.63) is 0 Å². The van der Waals surface area contributed by atoms with Crippen molar-refractivity contribution in [1.82, 2.24) is 15.5 Å². The standard InChI is InChI=1S/C15H28N4O2.2ClH/c1-10(2)14(16)15(21)18-8-13(20)17-7-11-5-6-19(9-11)12-3-4-12;;/h10-12,14H,3-9,16H2,1-2H3,(H,17,20)(H,18,21);2*1H/t11?,14-;;/m0../s1. The highest BCUT2D eigenvalue weighted by Crippen LogP contribution is 2.31. The minimum absolute atomic E-state index is 0. The quantitative estimate of drug-likeness (QED) is 0.611. The van der Waals surface area contributed by atoms with Crippen LogP contribution in [0.4, 0.5) is 0 Å². The van der Waals surface area contributed by atoms with E-state index in [9.17, 15) is 9.59 Å². The summed E-state index contributed by atoms with van der Waals surface area (Å²) in [5.41, 5.74) is 5.72. The number of nitrogens with zero attached hydrogens (tertiary/aromatic N) is 1. The fraction of sp³-hybridized carbons (Fsp3) is 0.867. The Hall–Kier alpha value is -0.560. The molecule has 136 valence electrons. The van der Waals surface area contributed by atoms with E-state index < -0.39 is 6.04 Å². The number of hydrogen-bond donors (Lipinski definition) is 3. The van der Waals surface area contributed by atoms with Gasteiger partial charge < -0.3 is 21.3 Å². The van der Waals surface area contributed by atoms with Gasteiger partial charge in [0.15, 0.2) is 0 Å². The highest BCUT2D eigenvalue weighted by atomic mass is 35.5. The smallest absolute Gasteiger partial charge is 0.239 e. The predicted molar refractivity (Wildman–Crippen MR) is 96.0 cm³/mol. The van der Waals surface area contributed by atoms with Gasteiger partial charge in [-0.2, -0.15) is 0 Å². The number of nitrogens with one attached hydrogen (secondary N) is 2. The van der Waals surface area contributed by atoms with Crippen molar-refractivity contribution in [3.63, 3.8) is 0 Å². The van der Waals surface area contributed by atoms with E-state index in [2.05, 4.69) is 15.5 Å². The fourth-order valence-corrected chi connectivity index (χ4v) is 2.71. The maximum atomic E-state index is 11.7. The van der Waals surface area contributed by atoms with Gasteiger partial charge in [0.25, 0.3) is 0 Å². The molecule has 1 aliphatic heterocycles. The highest BCUT2D eigenvalue weighted by Gasteiger charge is 2.34. The molecule has 23 heavy (non-hydrogen) atoms. The zero-order valence-electron chi connectivity index (χ0n) is 13.9. The summed E-state index contributed by atoms with van der Waals surface area (Å²) >= 11 is 0. The summed E-state index contributed by atoms with van der Waals surface area (Å²) in [5, 5.41) is 5.50. The molecule has 2 rings (SSSR count). The molecule has 2 atom stereocenters. The first kappa shape index (κ1) is 22.4. The Morgan fingerprint density at radius 1 is 1.17 bits per heavy atom. The molecular weight excluding hydrogens is 339 g/mol. The number of nitrogens with two attached hydrogens (primary N) is 1. The number of carbonyl (C=O) groups is 2. The lowest BCUT2D eigenvalue weighted by atomic mass is 10.1. The van der Waals surface area contributed by atoms with Crippen LogP contribution in [0.15, 0.2) is 0 Å². The largest absolute Gasteiger partial charge is 0.354 e. The van der Waals surface area contributed by atoms with Crippen LogP contribution in [0, 0.1) is 11.8 Å². The van der Waals surface area contributed by atoms with Crippen LogP contribution in [0.5, 0.6) is 0 Å². The molecule has 2 fully saturated rings. The Kier molecular flexibility index (Phi) is 10.1. The van der Waals surface area contributed by atoms with Crippen molar-refractivity contribution in [2.24, 2.45) is 17.6 Å².